The Bertz CT molecular complexity index is 418. The number of anilines is 1. The molecule has 1 aliphatic carbocycles. The Balaban J connectivity index is 1.87. The molecular formula is C14H22N2OS. The van der Waals surface area contributed by atoms with Crippen molar-refractivity contribution >= 4 is 16.5 Å². The first-order valence-corrected chi connectivity index (χ1v) is 8.01. The fourth-order valence-electron chi connectivity index (χ4n) is 3.06. The summed E-state index contributed by atoms with van der Waals surface area (Å²) in [5.74, 6) is 0. The Morgan fingerprint density at radius 1 is 1.22 bits per heavy atom. The summed E-state index contributed by atoms with van der Waals surface area (Å²) >= 11 is 1.81. The van der Waals surface area contributed by atoms with Crippen LogP contribution in [0, 0.1) is 0 Å². The van der Waals surface area contributed by atoms with Crippen molar-refractivity contribution in [2.24, 2.45) is 0 Å². The van der Waals surface area contributed by atoms with Crippen molar-refractivity contribution in [1.82, 2.24) is 4.98 Å². The molecule has 1 fully saturated rings. The first-order valence-electron chi connectivity index (χ1n) is 7.20. The van der Waals surface area contributed by atoms with E-state index in [1.54, 1.807) is 0 Å². The Labute approximate surface area is 113 Å². The number of thiazole rings is 1. The van der Waals surface area contributed by atoms with Crippen LogP contribution in [0.1, 0.15) is 62.1 Å². The summed E-state index contributed by atoms with van der Waals surface area (Å²) in [6.07, 6.45) is 7.99. The third-order valence-electron chi connectivity index (χ3n) is 4.21. The number of hydrogen-bond acceptors (Lipinski definition) is 4. The normalized spacial score (nSPS) is 28.9. The van der Waals surface area contributed by atoms with Gasteiger partial charge < -0.3 is 10.0 Å². The molecule has 0 bridgehead atoms. The van der Waals surface area contributed by atoms with E-state index in [9.17, 15) is 5.11 Å². The summed E-state index contributed by atoms with van der Waals surface area (Å²) in [7, 11) is 0. The molecule has 1 saturated heterocycles. The molecule has 100 valence electrons. The molecule has 0 aromatic carbocycles. The second-order valence-corrected chi connectivity index (χ2v) is 6.67. The van der Waals surface area contributed by atoms with Crippen LogP contribution in [0.2, 0.25) is 0 Å². The lowest BCUT2D eigenvalue weighted by molar-refractivity contribution is 0.153. The summed E-state index contributed by atoms with van der Waals surface area (Å²) in [5.41, 5.74) is 0.970. The van der Waals surface area contributed by atoms with Crippen LogP contribution in [-0.4, -0.2) is 22.7 Å². The number of hydrogen-bond donors (Lipinski definition) is 1. The minimum absolute atomic E-state index is 0.318. The van der Waals surface area contributed by atoms with Gasteiger partial charge in [0.1, 0.15) is 0 Å². The smallest absolute Gasteiger partial charge is 0.186 e. The molecular weight excluding hydrogens is 244 g/mol. The van der Waals surface area contributed by atoms with Crippen molar-refractivity contribution in [1.29, 1.82) is 0 Å². The minimum atomic E-state index is -0.318. The van der Waals surface area contributed by atoms with Crippen molar-refractivity contribution in [3.63, 3.8) is 0 Å². The molecule has 0 spiro atoms. The van der Waals surface area contributed by atoms with Gasteiger partial charge in [0.05, 0.1) is 11.8 Å². The zero-order valence-electron chi connectivity index (χ0n) is 11.1. The molecule has 3 nitrogen and oxygen atoms in total. The van der Waals surface area contributed by atoms with Gasteiger partial charge in [-0.05, 0) is 39.0 Å². The predicted molar refractivity (Wildman–Crippen MR) is 75.3 cm³/mol. The zero-order valence-corrected chi connectivity index (χ0v) is 11.9. The minimum Gasteiger partial charge on any atom is -0.387 e. The SMILES string of the molecule is CC1CCCCCN1c1nc2c(s1)CCCC2O. The molecule has 2 heterocycles. The Kier molecular flexibility index (Phi) is 3.57. The van der Waals surface area contributed by atoms with E-state index in [1.807, 2.05) is 11.3 Å². The summed E-state index contributed by atoms with van der Waals surface area (Å²) in [5, 5.41) is 11.2. The lowest BCUT2D eigenvalue weighted by Crippen LogP contribution is -2.32. The fourth-order valence-corrected chi connectivity index (χ4v) is 4.35. The molecule has 1 N–H and O–H groups in total. The van der Waals surface area contributed by atoms with Crippen LogP contribution in [0.4, 0.5) is 5.13 Å². The van der Waals surface area contributed by atoms with Crippen molar-refractivity contribution in [3.8, 4) is 0 Å². The van der Waals surface area contributed by atoms with Gasteiger partial charge in [-0.25, -0.2) is 4.98 Å². The second-order valence-electron chi connectivity index (χ2n) is 5.60. The first kappa shape index (κ1) is 12.4. The largest absolute Gasteiger partial charge is 0.387 e. The molecule has 2 unspecified atom stereocenters. The summed E-state index contributed by atoms with van der Waals surface area (Å²) in [6.45, 7) is 3.44. The van der Waals surface area contributed by atoms with E-state index in [-0.39, 0.29) is 6.10 Å². The van der Waals surface area contributed by atoms with E-state index >= 15 is 0 Å². The van der Waals surface area contributed by atoms with Gasteiger partial charge in [-0.3, -0.25) is 0 Å². The van der Waals surface area contributed by atoms with Crippen LogP contribution in [0.15, 0.2) is 0 Å². The van der Waals surface area contributed by atoms with Gasteiger partial charge in [-0.1, -0.05) is 12.8 Å². The van der Waals surface area contributed by atoms with Gasteiger partial charge in [0, 0.05) is 17.5 Å². The van der Waals surface area contributed by atoms with E-state index < -0.39 is 0 Å². The number of nitrogens with zero attached hydrogens (tertiary/aromatic N) is 2. The van der Waals surface area contributed by atoms with E-state index in [0.29, 0.717) is 6.04 Å². The molecule has 2 atom stereocenters. The van der Waals surface area contributed by atoms with Crippen LogP contribution < -0.4 is 4.90 Å². The molecule has 2 aliphatic rings. The highest BCUT2D eigenvalue weighted by molar-refractivity contribution is 7.15. The Morgan fingerprint density at radius 3 is 2.94 bits per heavy atom. The topological polar surface area (TPSA) is 36.4 Å². The average Bonchev–Trinajstić information content (AvgIpc) is 2.67. The van der Waals surface area contributed by atoms with Gasteiger partial charge in [0.15, 0.2) is 5.13 Å². The molecule has 0 radical (unpaired) electrons. The average molecular weight is 266 g/mol. The van der Waals surface area contributed by atoms with Crippen LogP contribution in [-0.2, 0) is 6.42 Å². The molecule has 4 heteroatoms. The molecule has 0 saturated carbocycles. The van der Waals surface area contributed by atoms with Gasteiger partial charge in [-0.15, -0.1) is 11.3 Å². The van der Waals surface area contributed by atoms with Gasteiger partial charge >= 0.3 is 0 Å². The summed E-state index contributed by atoms with van der Waals surface area (Å²) < 4.78 is 0. The molecule has 0 amide bonds. The maximum atomic E-state index is 10.0. The number of aryl methyl sites for hydroxylation is 1. The number of aliphatic hydroxyl groups is 1. The summed E-state index contributed by atoms with van der Waals surface area (Å²) in [4.78, 5) is 8.52. The maximum absolute atomic E-state index is 10.0. The number of aliphatic hydroxyl groups excluding tert-OH is 1. The van der Waals surface area contributed by atoms with Crippen LogP contribution in [0.25, 0.3) is 0 Å². The van der Waals surface area contributed by atoms with Crippen molar-refractivity contribution in [2.75, 3.05) is 11.4 Å². The molecule has 18 heavy (non-hydrogen) atoms. The zero-order chi connectivity index (χ0) is 12.5. The first-order chi connectivity index (χ1) is 8.75. The molecule has 3 rings (SSSR count). The fraction of sp³-hybridized carbons (Fsp3) is 0.786. The van der Waals surface area contributed by atoms with Crippen molar-refractivity contribution in [2.45, 2.75) is 64.0 Å². The molecule has 1 aromatic rings. The number of rotatable bonds is 1. The van der Waals surface area contributed by atoms with E-state index in [1.165, 1.54) is 30.6 Å². The van der Waals surface area contributed by atoms with Gasteiger partial charge in [0.2, 0.25) is 0 Å². The van der Waals surface area contributed by atoms with Gasteiger partial charge in [0.25, 0.3) is 0 Å². The lowest BCUT2D eigenvalue weighted by Gasteiger charge is -2.26. The molecule has 1 aliphatic heterocycles. The lowest BCUT2D eigenvalue weighted by atomic mass is 10.0. The highest BCUT2D eigenvalue weighted by Crippen LogP contribution is 2.38. The monoisotopic (exact) mass is 266 g/mol. The second kappa shape index (κ2) is 5.17. The number of fused-ring (bicyclic) bond motifs is 1. The Hall–Kier alpha value is -0.610. The quantitative estimate of drug-likeness (QED) is 0.847. The standard InChI is InChI=1S/C14H22N2OS/c1-10-6-3-2-4-9-16(10)14-15-13-11(17)7-5-8-12(13)18-14/h10-11,17H,2-9H2,1H3. The predicted octanol–water partition coefficient (Wildman–Crippen LogP) is 3.28. The van der Waals surface area contributed by atoms with Crippen LogP contribution in [0.3, 0.4) is 0 Å². The Morgan fingerprint density at radius 2 is 2.11 bits per heavy atom. The molecule has 1 aromatic heterocycles. The van der Waals surface area contributed by atoms with Crippen molar-refractivity contribution < 1.29 is 5.11 Å². The van der Waals surface area contributed by atoms with Crippen LogP contribution in [0.5, 0.6) is 0 Å². The van der Waals surface area contributed by atoms with Gasteiger partial charge in [-0.2, -0.15) is 0 Å². The summed E-state index contributed by atoms with van der Waals surface area (Å²) in [6, 6.07) is 0.595. The number of aromatic nitrogens is 1. The van der Waals surface area contributed by atoms with E-state index in [2.05, 4.69) is 11.8 Å². The highest BCUT2D eigenvalue weighted by atomic mass is 32.1. The van der Waals surface area contributed by atoms with Crippen LogP contribution >= 0.6 is 11.3 Å². The third kappa shape index (κ3) is 2.28. The highest BCUT2D eigenvalue weighted by Gasteiger charge is 2.26. The maximum Gasteiger partial charge on any atom is 0.186 e. The van der Waals surface area contributed by atoms with Crippen molar-refractivity contribution in [3.05, 3.63) is 10.6 Å². The van der Waals surface area contributed by atoms with E-state index in [0.717, 1.165) is 36.6 Å². The van der Waals surface area contributed by atoms with E-state index in [4.69, 9.17) is 4.98 Å². The third-order valence-corrected chi connectivity index (χ3v) is 5.38.